The van der Waals surface area contributed by atoms with Crippen molar-refractivity contribution >= 4 is 29.7 Å². The number of aromatic hydroxyl groups is 1. The van der Waals surface area contributed by atoms with Gasteiger partial charge in [-0.2, -0.15) is 0 Å². The molecule has 0 aliphatic rings. The zero-order valence-corrected chi connectivity index (χ0v) is 20.9. The Labute approximate surface area is 224 Å². The average Bonchev–Trinajstić information content (AvgIpc) is 2.90. The van der Waals surface area contributed by atoms with E-state index in [9.17, 15) is 39.3 Å². The molecule has 13 heteroatoms. The lowest BCUT2D eigenvalue weighted by atomic mass is 10.0. The first kappa shape index (κ1) is 30.7. The molecular formula is C26H32N4O9. The summed E-state index contributed by atoms with van der Waals surface area (Å²) in [6.45, 7) is -0.662. The van der Waals surface area contributed by atoms with E-state index in [0.717, 1.165) is 0 Å². The lowest BCUT2D eigenvalue weighted by Gasteiger charge is -2.25. The first-order chi connectivity index (χ1) is 18.5. The second kappa shape index (κ2) is 15.1. The Morgan fingerprint density at radius 3 is 1.69 bits per heavy atom. The molecule has 0 saturated heterocycles. The minimum absolute atomic E-state index is 0.0144. The van der Waals surface area contributed by atoms with Gasteiger partial charge in [0, 0.05) is 19.3 Å². The summed E-state index contributed by atoms with van der Waals surface area (Å²) in [5.74, 6) is -5.21. The number of amides is 3. The van der Waals surface area contributed by atoms with Gasteiger partial charge in [-0.25, -0.2) is 4.79 Å². The number of aliphatic hydroxyl groups excluding tert-OH is 1. The van der Waals surface area contributed by atoms with E-state index in [2.05, 4.69) is 16.0 Å². The van der Waals surface area contributed by atoms with E-state index in [1.165, 1.54) is 24.3 Å². The molecular weight excluding hydrogens is 512 g/mol. The van der Waals surface area contributed by atoms with Crippen LogP contribution in [0.4, 0.5) is 0 Å². The third-order valence-electron chi connectivity index (χ3n) is 5.72. The smallest absolute Gasteiger partial charge is 0.326 e. The first-order valence-corrected chi connectivity index (χ1v) is 12.0. The zero-order valence-electron chi connectivity index (χ0n) is 20.9. The molecule has 39 heavy (non-hydrogen) atoms. The quantitative estimate of drug-likeness (QED) is 0.135. The maximum absolute atomic E-state index is 13.3. The number of benzene rings is 2. The Morgan fingerprint density at radius 1 is 0.718 bits per heavy atom. The predicted molar refractivity (Wildman–Crippen MR) is 137 cm³/mol. The van der Waals surface area contributed by atoms with Gasteiger partial charge in [0.1, 0.15) is 29.9 Å². The number of rotatable bonds is 15. The van der Waals surface area contributed by atoms with Gasteiger partial charge in [0.15, 0.2) is 0 Å². The monoisotopic (exact) mass is 544 g/mol. The van der Waals surface area contributed by atoms with Gasteiger partial charge < -0.3 is 42.1 Å². The second-order valence-corrected chi connectivity index (χ2v) is 8.80. The number of hydrogen-bond donors (Lipinski definition) is 8. The van der Waals surface area contributed by atoms with Crippen LogP contribution in [0.25, 0.3) is 0 Å². The molecule has 0 spiro atoms. The van der Waals surface area contributed by atoms with Crippen LogP contribution in [0.1, 0.15) is 24.0 Å². The summed E-state index contributed by atoms with van der Waals surface area (Å²) in [6.07, 6.45) is -1.00. The summed E-state index contributed by atoms with van der Waals surface area (Å²) in [5.41, 5.74) is 6.77. The molecule has 0 fully saturated rings. The maximum Gasteiger partial charge on any atom is 0.326 e. The fourth-order valence-electron chi connectivity index (χ4n) is 3.57. The summed E-state index contributed by atoms with van der Waals surface area (Å²) < 4.78 is 0. The molecule has 4 atom stereocenters. The number of carboxylic acid groups (broad SMARTS) is 2. The van der Waals surface area contributed by atoms with Crippen molar-refractivity contribution < 1.29 is 44.4 Å². The second-order valence-electron chi connectivity index (χ2n) is 8.80. The van der Waals surface area contributed by atoms with Gasteiger partial charge in [0.25, 0.3) is 0 Å². The van der Waals surface area contributed by atoms with Crippen LogP contribution in [0.3, 0.4) is 0 Å². The van der Waals surface area contributed by atoms with Gasteiger partial charge in [-0.3, -0.25) is 19.2 Å². The minimum atomic E-state index is -1.53. The van der Waals surface area contributed by atoms with E-state index in [1.54, 1.807) is 30.3 Å². The van der Waals surface area contributed by atoms with Crippen molar-refractivity contribution in [2.45, 2.75) is 49.9 Å². The molecule has 0 heterocycles. The molecule has 9 N–H and O–H groups in total. The summed E-state index contributed by atoms with van der Waals surface area (Å²) in [7, 11) is 0. The van der Waals surface area contributed by atoms with Crippen LogP contribution in [0, 0.1) is 0 Å². The topological polar surface area (TPSA) is 228 Å². The largest absolute Gasteiger partial charge is 0.508 e. The van der Waals surface area contributed by atoms with Crippen LogP contribution >= 0.6 is 0 Å². The number of phenols is 1. The van der Waals surface area contributed by atoms with Gasteiger partial charge in [0.2, 0.25) is 17.7 Å². The fourth-order valence-corrected chi connectivity index (χ4v) is 3.57. The van der Waals surface area contributed by atoms with Crippen molar-refractivity contribution in [3.8, 4) is 5.75 Å². The Bertz CT molecular complexity index is 1140. The van der Waals surface area contributed by atoms with Gasteiger partial charge in [-0.1, -0.05) is 42.5 Å². The molecule has 210 valence electrons. The number of carbonyl (C=O) groups is 5. The number of hydrogen-bond acceptors (Lipinski definition) is 8. The molecule has 3 amide bonds. The number of aliphatic carboxylic acids is 2. The van der Waals surface area contributed by atoms with E-state index < -0.39 is 66.9 Å². The van der Waals surface area contributed by atoms with Crippen molar-refractivity contribution in [1.82, 2.24) is 16.0 Å². The number of carboxylic acids is 2. The molecule has 0 radical (unpaired) electrons. The third kappa shape index (κ3) is 10.4. The van der Waals surface area contributed by atoms with Crippen molar-refractivity contribution in [2.24, 2.45) is 5.73 Å². The fraction of sp³-hybridized carbons (Fsp3) is 0.346. The lowest BCUT2D eigenvalue weighted by Crippen LogP contribution is -2.58. The highest BCUT2D eigenvalue weighted by Crippen LogP contribution is 2.13. The Kier molecular flexibility index (Phi) is 11.9. The molecule has 13 nitrogen and oxygen atoms in total. The normalized spacial score (nSPS) is 13.8. The molecule has 0 bridgehead atoms. The Balaban J connectivity index is 2.31. The molecule has 4 unspecified atom stereocenters. The molecule has 0 aliphatic heterocycles. The molecule has 2 rings (SSSR count). The summed E-state index contributed by atoms with van der Waals surface area (Å²) in [6, 6.07) is 9.04. The predicted octanol–water partition coefficient (Wildman–Crippen LogP) is -1.10. The van der Waals surface area contributed by atoms with E-state index in [0.29, 0.717) is 11.1 Å². The Morgan fingerprint density at radius 2 is 1.21 bits per heavy atom. The number of nitrogens with one attached hydrogen (secondary N) is 3. The van der Waals surface area contributed by atoms with Gasteiger partial charge >= 0.3 is 11.9 Å². The highest BCUT2D eigenvalue weighted by Gasteiger charge is 2.31. The molecule has 0 aliphatic carbocycles. The molecule has 2 aromatic carbocycles. The Hall–Kier alpha value is -4.49. The highest BCUT2D eigenvalue weighted by molar-refractivity contribution is 5.94. The van der Waals surface area contributed by atoms with Crippen molar-refractivity contribution in [3.05, 3.63) is 65.7 Å². The number of carbonyl (C=O) groups excluding carboxylic acids is 3. The SMILES string of the molecule is NC(CO)C(=O)NC(Cc1ccccc1)C(=O)NC(Cc1ccc(O)cc1)C(=O)NC(CCC(=O)O)C(=O)O. The summed E-state index contributed by atoms with van der Waals surface area (Å²) >= 11 is 0. The highest BCUT2D eigenvalue weighted by atomic mass is 16.4. The molecule has 2 aromatic rings. The minimum Gasteiger partial charge on any atom is -0.508 e. The number of aliphatic hydroxyl groups is 1. The van der Waals surface area contributed by atoms with E-state index >= 15 is 0 Å². The van der Waals surface area contributed by atoms with Crippen LogP contribution in [0.2, 0.25) is 0 Å². The van der Waals surface area contributed by atoms with E-state index in [1.807, 2.05) is 0 Å². The van der Waals surface area contributed by atoms with Crippen molar-refractivity contribution in [3.63, 3.8) is 0 Å². The van der Waals surface area contributed by atoms with Crippen molar-refractivity contribution in [2.75, 3.05) is 6.61 Å². The van der Waals surface area contributed by atoms with E-state index in [4.69, 9.17) is 10.8 Å². The van der Waals surface area contributed by atoms with Crippen molar-refractivity contribution in [1.29, 1.82) is 0 Å². The van der Waals surface area contributed by atoms with Crippen LogP contribution in [0.5, 0.6) is 5.75 Å². The maximum atomic E-state index is 13.3. The van der Waals surface area contributed by atoms with Gasteiger partial charge in [-0.15, -0.1) is 0 Å². The number of phenolic OH excluding ortho intramolecular Hbond substituents is 1. The standard InChI is InChI=1S/C26H32N4O9/c27-18(14-31)23(35)29-20(12-15-4-2-1-3-5-15)25(37)30-21(13-16-6-8-17(32)9-7-16)24(36)28-19(26(38)39)10-11-22(33)34/h1-9,18-21,31-32H,10-14,27H2,(H,28,36)(H,29,35)(H,30,37)(H,33,34)(H,38,39). The van der Waals surface area contributed by atoms with Gasteiger partial charge in [-0.05, 0) is 29.7 Å². The summed E-state index contributed by atoms with van der Waals surface area (Å²) in [5, 5.41) is 44.4. The van der Waals surface area contributed by atoms with Crippen LogP contribution in [0.15, 0.2) is 54.6 Å². The third-order valence-corrected chi connectivity index (χ3v) is 5.72. The molecule has 0 aromatic heterocycles. The van der Waals surface area contributed by atoms with E-state index in [-0.39, 0.29) is 25.0 Å². The first-order valence-electron chi connectivity index (χ1n) is 12.0. The van der Waals surface area contributed by atoms with Crippen LogP contribution < -0.4 is 21.7 Å². The molecule has 0 saturated carbocycles. The lowest BCUT2D eigenvalue weighted by molar-refractivity contribution is -0.143. The van der Waals surface area contributed by atoms with Gasteiger partial charge in [0.05, 0.1) is 6.61 Å². The summed E-state index contributed by atoms with van der Waals surface area (Å²) in [4.78, 5) is 61.4. The average molecular weight is 545 g/mol. The zero-order chi connectivity index (χ0) is 28.9. The number of nitrogens with two attached hydrogens (primary N) is 1. The van der Waals surface area contributed by atoms with Crippen LogP contribution in [-0.2, 0) is 36.8 Å². The van der Waals surface area contributed by atoms with Crippen LogP contribution in [-0.4, -0.2) is 80.9 Å².